The van der Waals surface area contributed by atoms with E-state index in [9.17, 15) is 0 Å². The molecule has 0 atom stereocenters. The number of anilines is 1. The Labute approximate surface area is 80.4 Å². The highest BCUT2D eigenvalue weighted by Gasteiger charge is 1.98. The van der Waals surface area contributed by atoms with E-state index < -0.39 is 0 Å². The van der Waals surface area contributed by atoms with E-state index in [-0.39, 0.29) is 0 Å². The van der Waals surface area contributed by atoms with Crippen LogP contribution >= 0.6 is 11.3 Å². The van der Waals surface area contributed by atoms with Crippen LogP contribution in [0.4, 0.5) is 5.13 Å². The standard InChI is InChI=1S/C9H10N2OS/c1-7-2-3-8(12-7)6-11-9-10-4-5-13-9/h2-5H,6H2,1H3,(H,10,11). The SMILES string of the molecule is Cc1ccc(CNc2nccs2)o1. The van der Waals surface area contributed by atoms with Gasteiger partial charge in [0.25, 0.3) is 0 Å². The van der Waals surface area contributed by atoms with Crippen LogP contribution < -0.4 is 5.32 Å². The van der Waals surface area contributed by atoms with E-state index >= 15 is 0 Å². The summed E-state index contributed by atoms with van der Waals surface area (Å²) in [5, 5.41) is 6.03. The third-order valence-corrected chi connectivity index (χ3v) is 2.37. The lowest BCUT2D eigenvalue weighted by Crippen LogP contribution is -1.96. The summed E-state index contributed by atoms with van der Waals surface area (Å²) in [5.74, 6) is 1.88. The minimum atomic E-state index is 0.696. The normalized spacial score (nSPS) is 10.2. The highest BCUT2D eigenvalue weighted by Crippen LogP contribution is 2.13. The molecule has 2 rings (SSSR count). The second-order valence-corrected chi connectivity index (χ2v) is 3.60. The van der Waals surface area contributed by atoms with Crippen molar-refractivity contribution >= 4 is 16.5 Å². The fourth-order valence-electron chi connectivity index (χ4n) is 1.05. The second-order valence-electron chi connectivity index (χ2n) is 2.70. The van der Waals surface area contributed by atoms with Gasteiger partial charge in [0, 0.05) is 11.6 Å². The van der Waals surface area contributed by atoms with Gasteiger partial charge in [0.15, 0.2) is 5.13 Å². The quantitative estimate of drug-likeness (QED) is 0.816. The molecule has 0 aliphatic carbocycles. The first-order chi connectivity index (χ1) is 6.34. The third kappa shape index (κ3) is 2.09. The molecule has 0 amide bonds. The maximum atomic E-state index is 5.40. The van der Waals surface area contributed by atoms with Crippen LogP contribution in [-0.2, 0) is 6.54 Å². The molecule has 2 aromatic rings. The molecular weight excluding hydrogens is 184 g/mol. The van der Waals surface area contributed by atoms with Crippen LogP contribution in [0.15, 0.2) is 28.1 Å². The number of rotatable bonds is 3. The predicted molar refractivity (Wildman–Crippen MR) is 52.9 cm³/mol. The Kier molecular flexibility index (Phi) is 2.31. The number of aryl methyl sites for hydroxylation is 1. The maximum Gasteiger partial charge on any atom is 0.182 e. The zero-order valence-electron chi connectivity index (χ0n) is 7.28. The highest BCUT2D eigenvalue weighted by molar-refractivity contribution is 7.13. The van der Waals surface area contributed by atoms with Gasteiger partial charge in [0.2, 0.25) is 0 Å². The minimum absolute atomic E-state index is 0.696. The minimum Gasteiger partial charge on any atom is -0.465 e. The summed E-state index contributed by atoms with van der Waals surface area (Å²) >= 11 is 1.59. The van der Waals surface area contributed by atoms with E-state index in [0.717, 1.165) is 16.7 Å². The molecule has 0 unspecified atom stereocenters. The van der Waals surface area contributed by atoms with Crippen molar-refractivity contribution in [1.82, 2.24) is 4.98 Å². The molecule has 13 heavy (non-hydrogen) atoms. The predicted octanol–water partition coefficient (Wildman–Crippen LogP) is 2.66. The smallest absolute Gasteiger partial charge is 0.182 e. The average molecular weight is 194 g/mol. The molecule has 0 aliphatic rings. The summed E-state index contributed by atoms with van der Waals surface area (Å²) in [6.07, 6.45) is 1.78. The summed E-state index contributed by atoms with van der Waals surface area (Å²) in [7, 11) is 0. The number of hydrogen-bond donors (Lipinski definition) is 1. The van der Waals surface area contributed by atoms with Gasteiger partial charge in [0.1, 0.15) is 11.5 Å². The first-order valence-electron chi connectivity index (χ1n) is 4.03. The van der Waals surface area contributed by atoms with Crippen LogP contribution in [0, 0.1) is 6.92 Å². The van der Waals surface area contributed by atoms with Gasteiger partial charge in [0.05, 0.1) is 6.54 Å². The Balaban J connectivity index is 1.93. The van der Waals surface area contributed by atoms with E-state index in [1.807, 2.05) is 24.4 Å². The highest BCUT2D eigenvalue weighted by atomic mass is 32.1. The van der Waals surface area contributed by atoms with Crippen molar-refractivity contribution in [3.05, 3.63) is 35.2 Å². The van der Waals surface area contributed by atoms with Gasteiger partial charge in [-0.15, -0.1) is 11.3 Å². The zero-order chi connectivity index (χ0) is 9.10. The fraction of sp³-hybridized carbons (Fsp3) is 0.222. The van der Waals surface area contributed by atoms with Crippen molar-refractivity contribution in [2.45, 2.75) is 13.5 Å². The van der Waals surface area contributed by atoms with Crippen LogP contribution in [0.5, 0.6) is 0 Å². The van der Waals surface area contributed by atoms with E-state index in [2.05, 4.69) is 10.3 Å². The summed E-state index contributed by atoms with van der Waals surface area (Å²) in [6.45, 7) is 2.63. The molecule has 0 spiro atoms. The van der Waals surface area contributed by atoms with Gasteiger partial charge >= 0.3 is 0 Å². The fourth-order valence-corrected chi connectivity index (χ4v) is 1.58. The molecule has 3 nitrogen and oxygen atoms in total. The first kappa shape index (κ1) is 8.31. The van der Waals surface area contributed by atoms with Gasteiger partial charge in [-0.25, -0.2) is 4.98 Å². The second kappa shape index (κ2) is 3.62. The van der Waals surface area contributed by atoms with Crippen LogP contribution in [0.3, 0.4) is 0 Å². The molecule has 0 fully saturated rings. The van der Waals surface area contributed by atoms with Crippen LogP contribution in [0.1, 0.15) is 11.5 Å². The molecule has 68 valence electrons. The molecule has 0 saturated carbocycles. The molecule has 0 bridgehead atoms. The Morgan fingerprint density at radius 1 is 1.54 bits per heavy atom. The number of furan rings is 1. The van der Waals surface area contributed by atoms with Crippen molar-refractivity contribution in [3.8, 4) is 0 Å². The molecule has 2 heterocycles. The Morgan fingerprint density at radius 3 is 3.08 bits per heavy atom. The Bertz CT molecular complexity index is 367. The van der Waals surface area contributed by atoms with Gasteiger partial charge < -0.3 is 9.73 Å². The molecule has 0 saturated heterocycles. The molecule has 4 heteroatoms. The number of thiazole rings is 1. The lowest BCUT2D eigenvalue weighted by Gasteiger charge is -1.97. The Hall–Kier alpha value is -1.29. The topological polar surface area (TPSA) is 38.1 Å². The van der Waals surface area contributed by atoms with Crippen LogP contribution in [0.2, 0.25) is 0 Å². The number of hydrogen-bond acceptors (Lipinski definition) is 4. The zero-order valence-corrected chi connectivity index (χ0v) is 8.10. The summed E-state index contributed by atoms with van der Waals surface area (Å²) in [4.78, 5) is 4.10. The van der Waals surface area contributed by atoms with E-state index in [1.165, 1.54) is 0 Å². The lowest BCUT2D eigenvalue weighted by atomic mass is 10.4. The first-order valence-corrected chi connectivity index (χ1v) is 4.91. The number of nitrogens with one attached hydrogen (secondary N) is 1. The van der Waals surface area contributed by atoms with Gasteiger partial charge in [-0.05, 0) is 19.1 Å². The molecule has 0 radical (unpaired) electrons. The molecule has 1 N–H and O–H groups in total. The number of aromatic nitrogens is 1. The van der Waals surface area contributed by atoms with Gasteiger partial charge in [-0.2, -0.15) is 0 Å². The molecule has 0 aliphatic heterocycles. The van der Waals surface area contributed by atoms with E-state index in [1.54, 1.807) is 17.5 Å². The van der Waals surface area contributed by atoms with Gasteiger partial charge in [-0.1, -0.05) is 0 Å². The number of nitrogens with zero attached hydrogens (tertiary/aromatic N) is 1. The van der Waals surface area contributed by atoms with Crippen molar-refractivity contribution in [2.75, 3.05) is 5.32 Å². The summed E-state index contributed by atoms with van der Waals surface area (Å²) < 4.78 is 5.40. The maximum absolute atomic E-state index is 5.40. The molecule has 2 aromatic heterocycles. The van der Waals surface area contributed by atoms with Crippen LogP contribution in [0.25, 0.3) is 0 Å². The van der Waals surface area contributed by atoms with Crippen LogP contribution in [-0.4, -0.2) is 4.98 Å². The monoisotopic (exact) mass is 194 g/mol. The molecule has 0 aromatic carbocycles. The van der Waals surface area contributed by atoms with E-state index in [4.69, 9.17) is 4.42 Å². The largest absolute Gasteiger partial charge is 0.465 e. The third-order valence-electron chi connectivity index (χ3n) is 1.64. The molecular formula is C9H10N2OS. The average Bonchev–Trinajstić information content (AvgIpc) is 2.71. The van der Waals surface area contributed by atoms with Crippen molar-refractivity contribution < 1.29 is 4.42 Å². The van der Waals surface area contributed by atoms with Crippen molar-refractivity contribution in [1.29, 1.82) is 0 Å². The summed E-state index contributed by atoms with van der Waals surface area (Å²) in [5.41, 5.74) is 0. The lowest BCUT2D eigenvalue weighted by molar-refractivity contribution is 0.490. The van der Waals surface area contributed by atoms with E-state index in [0.29, 0.717) is 6.54 Å². The summed E-state index contributed by atoms with van der Waals surface area (Å²) in [6, 6.07) is 3.93. The van der Waals surface area contributed by atoms with Crippen molar-refractivity contribution in [3.63, 3.8) is 0 Å². The Morgan fingerprint density at radius 2 is 2.46 bits per heavy atom. The van der Waals surface area contributed by atoms with Gasteiger partial charge in [-0.3, -0.25) is 0 Å². The van der Waals surface area contributed by atoms with Crippen molar-refractivity contribution in [2.24, 2.45) is 0 Å².